The highest BCUT2D eigenvalue weighted by molar-refractivity contribution is 7.14. The van der Waals surface area contributed by atoms with Gasteiger partial charge in [0.2, 0.25) is 5.91 Å². The van der Waals surface area contributed by atoms with Gasteiger partial charge in [0.05, 0.1) is 11.6 Å². The van der Waals surface area contributed by atoms with Gasteiger partial charge in [0.1, 0.15) is 5.00 Å². The number of amides is 2. The van der Waals surface area contributed by atoms with Crippen LogP contribution in [0.1, 0.15) is 28.4 Å². The van der Waals surface area contributed by atoms with Crippen LogP contribution in [0.25, 0.3) is 0 Å². The van der Waals surface area contributed by atoms with E-state index in [1.807, 2.05) is 25.8 Å². The largest absolute Gasteiger partial charge is 0.366 e. The van der Waals surface area contributed by atoms with E-state index in [1.54, 1.807) is 11.4 Å². The Bertz CT molecular complexity index is 694. The van der Waals surface area contributed by atoms with E-state index in [9.17, 15) is 9.59 Å². The summed E-state index contributed by atoms with van der Waals surface area (Å²) in [4.78, 5) is 25.6. The van der Waals surface area contributed by atoms with Gasteiger partial charge < -0.3 is 11.1 Å². The maximum absolute atomic E-state index is 12.4. The van der Waals surface area contributed by atoms with Crippen LogP contribution in [0.15, 0.2) is 35.7 Å². The highest BCUT2D eigenvalue weighted by Crippen LogP contribution is 2.23. The maximum atomic E-state index is 12.4. The number of primary amides is 1. The third kappa shape index (κ3) is 4.40. The molecule has 1 heterocycles. The van der Waals surface area contributed by atoms with Crippen LogP contribution < -0.4 is 11.1 Å². The van der Waals surface area contributed by atoms with Gasteiger partial charge in [0.25, 0.3) is 5.91 Å². The summed E-state index contributed by atoms with van der Waals surface area (Å²) >= 11 is 1.29. The number of nitrogens with two attached hydrogens (primary N) is 1. The number of thiophene rings is 1. The van der Waals surface area contributed by atoms with E-state index in [-0.39, 0.29) is 11.9 Å². The minimum Gasteiger partial charge on any atom is -0.366 e. The number of likely N-dealkylation sites (N-methyl/N-ethyl adjacent to an activating group) is 1. The second-order valence-electron chi connectivity index (χ2n) is 5.59. The lowest BCUT2D eigenvalue weighted by Gasteiger charge is -2.24. The zero-order valence-corrected chi connectivity index (χ0v) is 14.3. The summed E-state index contributed by atoms with van der Waals surface area (Å²) in [6.45, 7) is 4.55. The zero-order valence-electron chi connectivity index (χ0n) is 13.5. The number of anilines is 1. The fraction of sp³-hybridized carbons (Fsp3) is 0.294. The van der Waals surface area contributed by atoms with Gasteiger partial charge in [-0.1, -0.05) is 29.8 Å². The summed E-state index contributed by atoms with van der Waals surface area (Å²) in [5.74, 6) is -0.702. The number of nitrogens with one attached hydrogen (secondary N) is 1. The number of benzene rings is 1. The van der Waals surface area contributed by atoms with Crippen LogP contribution >= 0.6 is 11.3 Å². The fourth-order valence-corrected chi connectivity index (χ4v) is 2.93. The summed E-state index contributed by atoms with van der Waals surface area (Å²) in [7, 11) is 1.90. The molecular weight excluding hydrogens is 310 g/mol. The van der Waals surface area contributed by atoms with E-state index in [1.165, 1.54) is 16.9 Å². The molecule has 0 spiro atoms. The van der Waals surface area contributed by atoms with Gasteiger partial charge in [0, 0.05) is 6.54 Å². The van der Waals surface area contributed by atoms with E-state index in [0.29, 0.717) is 17.1 Å². The van der Waals surface area contributed by atoms with Crippen LogP contribution in [-0.4, -0.2) is 29.8 Å². The van der Waals surface area contributed by atoms with Gasteiger partial charge in [0.15, 0.2) is 0 Å². The van der Waals surface area contributed by atoms with Crippen molar-refractivity contribution in [2.45, 2.75) is 26.4 Å². The molecule has 6 heteroatoms. The van der Waals surface area contributed by atoms with Gasteiger partial charge in [-0.25, -0.2) is 0 Å². The predicted octanol–water partition coefficient (Wildman–Crippen LogP) is 2.61. The highest BCUT2D eigenvalue weighted by atomic mass is 32.1. The van der Waals surface area contributed by atoms with Crippen LogP contribution in [0.2, 0.25) is 0 Å². The quantitative estimate of drug-likeness (QED) is 0.854. The molecule has 0 saturated carbocycles. The average molecular weight is 331 g/mol. The Balaban J connectivity index is 1.99. The van der Waals surface area contributed by atoms with Crippen LogP contribution in [-0.2, 0) is 11.3 Å². The molecule has 0 fully saturated rings. The summed E-state index contributed by atoms with van der Waals surface area (Å²) < 4.78 is 0. The lowest BCUT2D eigenvalue weighted by atomic mass is 10.1. The number of carbonyl (C=O) groups is 2. The van der Waals surface area contributed by atoms with Gasteiger partial charge in [-0.15, -0.1) is 11.3 Å². The third-order valence-electron chi connectivity index (χ3n) is 3.76. The average Bonchev–Trinajstić information content (AvgIpc) is 2.97. The van der Waals surface area contributed by atoms with Gasteiger partial charge >= 0.3 is 0 Å². The Hall–Kier alpha value is -2.18. The fourth-order valence-electron chi connectivity index (χ4n) is 2.14. The van der Waals surface area contributed by atoms with Crippen molar-refractivity contribution in [3.63, 3.8) is 0 Å². The standard InChI is InChI=1S/C17H21N3O2S/c1-11-4-6-13(7-5-11)10-20(3)12(2)16(22)19-17-14(15(18)21)8-9-23-17/h4-9,12H,10H2,1-3H3,(H2,18,21)(H,19,22). The molecule has 2 aromatic rings. The van der Waals surface area contributed by atoms with E-state index < -0.39 is 5.91 Å². The second kappa shape index (κ2) is 7.39. The molecule has 5 nitrogen and oxygen atoms in total. The van der Waals surface area contributed by atoms with Crippen molar-refractivity contribution in [2.75, 3.05) is 12.4 Å². The predicted molar refractivity (Wildman–Crippen MR) is 93.6 cm³/mol. The van der Waals surface area contributed by atoms with E-state index >= 15 is 0 Å². The number of hydrogen-bond acceptors (Lipinski definition) is 4. The summed E-state index contributed by atoms with van der Waals surface area (Å²) in [5, 5.41) is 5.02. The van der Waals surface area contributed by atoms with Crippen molar-refractivity contribution in [1.29, 1.82) is 0 Å². The smallest absolute Gasteiger partial charge is 0.251 e. The number of carbonyl (C=O) groups excluding carboxylic acids is 2. The molecule has 122 valence electrons. The van der Waals surface area contributed by atoms with E-state index in [2.05, 4.69) is 29.6 Å². The van der Waals surface area contributed by atoms with Crippen LogP contribution in [0.5, 0.6) is 0 Å². The summed E-state index contributed by atoms with van der Waals surface area (Å²) in [6, 6.07) is 9.50. The molecule has 1 aromatic heterocycles. The van der Waals surface area contributed by atoms with Crippen molar-refractivity contribution >= 4 is 28.2 Å². The molecule has 0 aliphatic rings. The molecule has 0 radical (unpaired) electrons. The van der Waals surface area contributed by atoms with Crippen molar-refractivity contribution in [3.8, 4) is 0 Å². The Labute approximate surface area is 140 Å². The number of rotatable bonds is 6. The molecule has 0 saturated heterocycles. The van der Waals surface area contributed by atoms with Crippen molar-refractivity contribution < 1.29 is 9.59 Å². The molecule has 3 N–H and O–H groups in total. The first kappa shape index (κ1) is 17.2. The lowest BCUT2D eigenvalue weighted by Crippen LogP contribution is -2.39. The molecule has 0 bridgehead atoms. The number of nitrogens with zero attached hydrogens (tertiary/aromatic N) is 1. The second-order valence-corrected chi connectivity index (χ2v) is 6.51. The molecule has 1 unspecified atom stereocenters. The highest BCUT2D eigenvalue weighted by Gasteiger charge is 2.20. The minimum absolute atomic E-state index is 0.162. The summed E-state index contributed by atoms with van der Waals surface area (Å²) in [5.41, 5.74) is 7.99. The van der Waals surface area contributed by atoms with Crippen LogP contribution in [0.4, 0.5) is 5.00 Å². The molecular formula is C17H21N3O2S. The molecule has 1 atom stereocenters. The van der Waals surface area contributed by atoms with Gasteiger partial charge in [-0.3, -0.25) is 14.5 Å². The van der Waals surface area contributed by atoms with Crippen molar-refractivity contribution in [3.05, 3.63) is 52.4 Å². The first-order valence-corrected chi connectivity index (χ1v) is 8.20. The van der Waals surface area contributed by atoms with Gasteiger partial charge in [-0.2, -0.15) is 0 Å². The Morgan fingerprint density at radius 3 is 2.52 bits per heavy atom. The summed E-state index contributed by atoms with van der Waals surface area (Å²) in [6.07, 6.45) is 0. The van der Waals surface area contributed by atoms with Crippen LogP contribution in [0.3, 0.4) is 0 Å². The molecule has 0 aliphatic carbocycles. The number of aryl methyl sites for hydroxylation is 1. The monoisotopic (exact) mass is 331 g/mol. The van der Waals surface area contributed by atoms with Crippen molar-refractivity contribution in [1.82, 2.24) is 4.90 Å². The molecule has 2 amide bonds. The Morgan fingerprint density at radius 2 is 1.91 bits per heavy atom. The van der Waals surface area contributed by atoms with E-state index in [4.69, 9.17) is 5.73 Å². The SMILES string of the molecule is Cc1ccc(CN(C)C(C)C(=O)Nc2sccc2C(N)=O)cc1. The van der Waals surface area contributed by atoms with Crippen molar-refractivity contribution in [2.24, 2.45) is 5.73 Å². The molecule has 23 heavy (non-hydrogen) atoms. The normalized spacial score (nSPS) is 12.2. The molecule has 0 aliphatic heterocycles. The molecule has 2 rings (SSSR count). The topological polar surface area (TPSA) is 75.4 Å². The number of hydrogen-bond donors (Lipinski definition) is 2. The first-order chi connectivity index (χ1) is 10.9. The zero-order chi connectivity index (χ0) is 17.0. The van der Waals surface area contributed by atoms with Gasteiger partial charge in [-0.05, 0) is 37.9 Å². The minimum atomic E-state index is -0.540. The lowest BCUT2D eigenvalue weighted by molar-refractivity contribution is -0.120. The maximum Gasteiger partial charge on any atom is 0.251 e. The molecule has 1 aromatic carbocycles. The van der Waals surface area contributed by atoms with E-state index in [0.717, 1.165) is 5.56 Å². The Morgan fingerprint density at radius 1 is 1.26 bits per heavy atom. The van der Waals surface area contributed by atoms with Crippen LogP contribution in [0, 0.1) is 6.92 Å². The third-order valence-corrected chi connectivity index (χ3v) is 4.59. The first-order valence-electron chi connectivity index (χ1n) is 7.32. The Kier molecular flexibility index (Phi) is 5.52.